The van der Waals surface area contributed by atoms with E-state index in [9.17, 15) is 9.65 Å². The summed E-state index contributed by atoms with van der Waals surface area (Å²) in [6, 6.07) is 8.91. The largest absolute Gasteiger partial charge is 0.366 e. The van der Waals surface area contributed by atoms with E-state index >= 15 is 0 Å². The van der Waals surface area contributed by atoms with Gasteiger partial charge in [0.25, 0.3) is 0 Å². The van der Waals surface area contributed by atoms with Gasteiger partial charge in [-0.15, -0.1) is 0 Å². The molecule has 0 N–H and O–H groups in total. The Hall–Kier alpha value is -2.68. The molecule has 0 bridgehead atoms. The number of nitriles is 1. The Morgan fingerprint density at radius 3 is 2.96 bits per heavy atom. The van der Waals surface area contributed by atoms with Crippen LogP contribution in [0.25, 0.3) is 0 Å². The van der Waals surface area contributed by atoms with Gasteiger partial charge in [-0.1, -0.05) is 6.07 Å². The zero-order chi connectivity index (χ0) is 17.1. The molecule has 1 fully saturated rings. The maximum absolute atomic E-state index is 14.3. The van der Waals surface area contributed by atoms with Crippen LogP contribution < -0.4 is 9.80 Å². The summed E-state index contributed by atoms with van der Waals surface area (Å²) >= 11 is 0. The molecule has 0 aliphatic carbocycles. The van der Waals surface area contributed by atoms with Crippen LogP contribution >= 0.6 is 0 Å². The van der Waals surface area contributed by atoms with Crippen LogP contribution in [-0.4, -0.2) is 36.1 Å². The van der Waals surface area contributed by atoms with Crippen LogP contribution in [0.5, 0.6) is 0 Å². The first-order chi connectivity index (χ1) is 11.6. The van der Waals surface area contributed by atoms with Crippen molar-refractivity contribution in [1.82, 2.24) is 9.97 Å². The van der Waals surface area contributed by atoms with Gasteiger partial charge in [-0.05, 0) is 31.9 Å². The fourth-order valence-electron chi connectivity index (χ4n) is 3.22. The normalized spacial score (nSPS) is 17.4. The SMILES string of the molecule is Cc1cc(N(C)C2CCCN(c3c(F)cccc3C#N)C2)ncn1. The minimum atomic E-state index is -0.338. The molecule has 124 valence electrons. The predicted octanol–water partition coefficient (Wildman–Crippen LogP) is 2.90. The summed E-state index contributed by atoms with van der Waals surface area (Å²) in [4.78, 5) is 12.6. The number of para-hydroxylation sites is 1. The number of aryl methyl sites for hydroxylation is 1. The molecule has 0 radical (unpaired) electrons. The van der Waals surface area contributed by atoms with Crippen LogP contribution in [0.1, 0.15) is 24.1 Å². The monoisotopic (exact) mass is 325 g/mol. The van der Waals surface area contributed by atoms with Gasteiger partial charge in [-0.2, -0.15) is 5.26 Å². The van der Waals surface area contributed by atoms with E-state index in [2.05, 4.69) is 20.9 Å². The minimum absolute atomic E-state index is 0.208. The number of hydrogen-bond acceptors (Lipinski definition) is 5. The average molecular weight is 325 g/mol. The van der Waals surface area contributed by atoms with E-state index in [1.165, 1.54) is 6.07 Å². The Kier molecular flexibility index (Phi) is 4.61. The summed E-state index contributed by atoms with van der Waals surface area (Å²) in [6.07, 6.45) is 3.51. The summed E-state index contributed by atoms with van der Waals surface area (Å²) in [5.74, 6) is 0.527. The summed E-state index contributed by atoms with van der Waals surface area (Å²) in [7, 11) is 2.00. The predicted molar refractivity (Wildman–Crippen MR) is 91.5 cm³/mol. The Balaban J connectivity index is 1.84. The lowest BCUT2D eigenvalue weighted by Crippen LogP contribution is -2.47. The number of hydrogen-bond donors (Lipinski definition) is 0. The first kappa shape index (κ1) is 16.2. The maximum atomic E-state index is 14.3. The van der Waals surface area contributed by atoms with Crippen molar-refractivity contribution in [1.29, 1.82) is 5.26 Å². The van der Waals surface area contributed by atoms with Crippen LogP contribution in [0.15, 0.2) is 30.6 Å². The lowest BCUT2D eigenvalue weighted by atomic mass is 10.0. The molecule has 2 aromatic rings. The number of likely N-dealkylation sites (N-methyl/N-ethyl adjacent to an activating group) is 1. The maximum Gasteiger partial charge on any atom is 0.147 e. The van der Waals surface area contributed by atoms with Gasteiger partial charge in [0, 0.05) is 37.9 Å². The number of anilines is 2. The number of nitrogens with zero attached hydrogens (tertiary/aromatic N) is 5. The van der Waals surface area contributed by atoms with E-state index in [0.29, 0.717) is 17.8 Å². The van der Waals surface area contributed by atoms with Crippen molar-refractivity contribution in [3.63, 3.8) is 0 Å². The molecule has 5 nitrogen and oxygen atoms in total. The van der Waals surface area contributed by atoms with E-state index < -0.39 is 0 Å². The second-order valence-corrected chi connectivity index (χ2v) is 6.12. The van der Waals surface area contributed by atoms with Gasteiger partial charge < -0.3 is 9.80 Å². The molecule has 1 atom stereocenters. The molecule has 2 heterocycles. The third-order valence-electron chi connectivity index (χ3n) is 4.52. The van der Waals surface area contributed by atoms with Crippen molar-refractivity contribution < 1.29 is 4.39 Å². The van der Waals surface area contributed by atoms with Crippen molar-refractivity contribution in [2.75, 3.05) is 29.9 Å². The van der Waals surface area contributed by atoms with Crippen molar-refractivity contribution in [2.45, 2.75) is 25.8 Å². The first-order valence-corrected chi connectivity index (χ1v) is 8.05. The van der Waals surface area contributed by atoms with Crippen LogP contribution in [0.2, 0.25) is 0 Å². The third kappa shape index (κ3) is 3.16. The summed E-state index contributed by atoms with van der Waals surface area (Å²) < 4.78 is 14.3. The number of piperidine rings is 1. The van der Waals surface area contributed by atoms with E-state index in [1.807, 2.05) is 24.9 Å². The molecular weight excluding hydrogens is 305 g/mol. The smallest absolute Gasteiger partial charge is 0.147 e. The molecule has 1 saturated heterocycles. The van der Waals surface area contributed by atoms with Gasteiger partial charge in [0.05, 0.1) is 11.3 Å². The fraction of sp³-hybridized carbons (Fsp3) is 0.389. The number of aromatic nitrogens is 2. The zero-order valence-corrected chi connectivity index (χ0v) is 13.9. The highest BCUT2D eigenvalue weighted by atomic mass is 19.1. The highest BCUT2D eigenvalue weighted by molar-refractivity contribution is 5.61. The molecule has 0 saturated carbocycles. The van der Waals surface area contributed by atoms with Crippen molar-refractivity contribution in [2.24, 2.45) is 0 Å². The summed E-state index contributed by atoms with van der Waals surface area (Å²) in [5.41, 5.74) is 1.72. The number of rotatable bonds is 3. The molecule has 1 unspecified atom stereocenters. The van der Waals surface area contributed by atoms with E-state index in [-0.39, 0.29) is 11.9 Å². The van der Waals surface area contributed by atoms with Crippen molar-refractivity contribution >= 4 is 11.5 Å². The van der Waals surface area contributed by atoms with E-state index in [4.69, 9.17) is 0 Å². The lowest BCUT2D eigenvalue weighted by Gasteiger charge is -2.39. The molecule has 1 aliphatic rings. The van der Waals surface area contributed by atoms with Gasteiger partial charge in [0.2, 0.25) is 0 Å². The quantitative estimate of drug-likeness (QED) is 0.868. The fourth-order valence-corrected chi connectivity index (χ4v) is 3.22. The molecular formula is C18H20FN5. The van der Waals surface area contributed by atoms with Crippen LogP contribution in [-0.2, 0) is 0 Å². The molecule has 0 amide bonds. The van der Waals surface area contributed by atoms with Gasteiger partial charge in [-0.3, -0.25) is 0 Å². The third-order valence-corrected chi connectivity index (χ3v) is 4.52. The molecule has 1 aromatic heterocycles. The van der Waals surface area contributed by atoms with Gasteiger partial charge in [-0.25, -0.2) is 14.4 Å². The van der Waals surface area contributed by atoms with Crippen LogP contribution in [0, 0.1) is 24.1 Å². The lowest BCUT2D eigenvalue weighted by molar-refractivity contribution is 0.479. The van der Waals surface area contributed by atoms with Gasteiger partial charge in [0.1, 0.15) is 24.0 Å². The van der Waals surface area contributed by atoms with Crippen molar-refractivity contribution in [3.05, 3.63) is 47.7 Å². The van der Waals surface area contributed by atoms with E-state index in [1.54, 1.807) is 18.5 Å². The molecule has 6 heteroatoms. The summed E-state index contributed by atoms with van der Waals surface area (Å²) in [5, 5.41) is 9.29. The number of benzene rings is 1. The van der Waals surface area contributed by atoms with Crippen molar-refractivity contribution in [3.8, 4) is 6.07 Å². The van der Waals surface area contributed by atoms with Gasteiger partial charge in [0.15, 0.2) is 0 Å². The average Bonchev–Trinajstić information content (AvgIpc) is 2.61. The van der Waals surface area contributed by atoms with Crippen LogP contribution in [0.3, 0.4) is 0 Å². The molecule has 24 heavy (non-hydrogen) atoms. The van der Waals surface area contributed by atoms with Crippen LogP contribution in [0.4, 0.5) is 15.9 Å². The topological polar surface area (TPSA) is 56.0 Å². The Morgan fingerprint density at radius 1 is 1.38 bits per heavy atom. The number of halogens is 1. The first-order valence-electron chi connectivity index (χ1n) is 8.05. The Morgan fingerprint density at radius 2 is 2.21 bits per heavy atom. The summed E-state index contributed by atoms with van der Waals surface area (Å²) in [6.45, 7) is 3.35. The zero-order valence-electron chi connectivity index (χ0n) is 13.9. The second kappa shape index (κ2) is 6.83. The molecule has 3 rings (SSSR count). The van der Waals surface area contributed by atoms with E-state index in [0.717, 1.165) is 30.9 Å². The molecule has 0 spiro atoms. The second-order valence-electron chi connectivity index (χ2n) is 6.12. The minimum Gasteiger partial charge on any atom is -0.366 e. The highest BCUT2D eigenvalue weighted by Crippen LogP contribution is 2.29. The standard InChI is InChI=1S/C18H20FN5/c1-13-9-17(22-12-21-13)23(2)15-6-4-8-24(11-15)18-14(10-20)5-3-7-16(18)19/h3,5,7,9,12,15H,4,6,8,11H2,1-2H3. The molecule has 1 aromatic carbocycles. The highest BCUT2D eigenvalue weighted by Gasteiger charge is 2.27. The Labute approximate surface area is 141 Å². The Bertz CT molecular complexity index is 770. The van der Waals surface area contributed by atoms with Gasteiger partial charge >= 0.3 is 0 Å². The molecule has 1 aliphatic heterocycles.